The number of ether oxygens (including phenoxy) is 3. The zero-order valence-electron chi connectivity index (χ0n) is 18.6. The van der Waals surface area contributed by atoms with Crippen LogP contribution in [-0.4, -0.2) is 39.3 Å². The summed E-state index contributed by atoms with van der Waals surface area (Å²) in [5.41, 5.74) is 2.87. The average molecular weight is 480 g/mol. The van der Waals surface area contributed by atoms with Gasteiger partial charge in [0, 0.05) is 23.5 Å². The van der Waals surface area contributed by atoms with Crippen molar-refractivity contribution < 1.29 is 23.8 Å². The number of thiophene rings is 1. The van der Waals surface area contributed by atoms with E-state index in [1.165, 1.54) is 22.2 Å². The quantitative estimate of drug-likeness (QED) is 0.297. The summed E-state index contributed by atoms with van der Waals surface area (Å²) >= 11 is 1.35. The van der Waals surface area contributed by atoms with E-state index < -0.39 is 12.6 Å². The summed E-state index contributed by atoms with van der Waals surface area (Å²) in [5, 5.41) is 2.22. The highest BCUT2D eigenvalue weighted by atomic mass is 32.1. The molecule has 0 atom stereocenters. The fourth-order valence-corrected chi connectivity index (χ4v) is 4.69. The van der Waals surface area contributed by atoms with Crippen LogP contribution in [0.1, 0.15) is 27.3 Å². The molecule has 9 nitrogen and oxygen atoms in total. The molecule has 0 saturated carbocycles. The first-order valence-corrected chi connectivity index (χ1v) is 11.5. The van der Waals surface area contributed by atoms with Gasteiger partial charge >= 0.3 is 5.97 Å². The van der Waals surface area contributed by atoms with E-state index in [9.17, 15) is 14.4 Å². The van der Waals surface area contributed by atoms with Crippen molar-refractivity contribution in [3.63, 3.8) is 0 Å². The van der Waals surface area contributed by atoms with Gasteiger partial charge < -0.3 is 18.8 Å². The van der Waals surface area contributed by atoms with E-state index in [-0.39, 0.29) is 24.7 Å². The number of aromatic nitrogens is 3. The number of ketones is 1. The van der Waals surface area contributed by atoms with Crippen molar-refractivity contribution in [2.75, 3.05) is 13.4 Å². The van der Waals surface area contributed by atoms with Crippen molar-refractivity contribution >= 4 is 33.3 Å². The molecule has 4 aromatic rings. The minimum atomic E-state index is -0.680. The third-order valence-electron chi connectivity index (χ3n) is 5.77. The molecule has 1 aliphatic heterocycles. The van der Waals surface area contributed by atoms with E-state index in [0.717, 1.165) is 22.7 Å². The van der Waals surface area contributed by atoms with Crippen molar-refractivity contribution in [1.82, 2.24) is 14.1 Å². The molecule has 0 bridgehead atoms. The largest absolute Gasteiger partial charge is 0.456 e. The Labute approximate surface area is 198 Å². The number of hydrogen-bond acceptors (Lipinski definition) is 8. The van der Waals surface area contributed by atoms with Gasteiger partial charge in [0.1, 0.15) is 11.4 Å². The molecule has 0 N–H and O–H groups in total. The van der Waals surface area contributed by atoms with Crippen LogP contribution in [0.4, 0.5) is 0 Å². The number of fused-ring (bicyclic) bond motifs is 2. The molecule has 4 heterocycles. The number of esters is 1. The van der Waals surface area contributed by atoms with Crippen LogP contribution < -0.4 is 15.0 Å². The molecule has 0 saturated heterocycles. The van der Waals surface area contributed by atoms with E-state index in [2.05, 4.69) is 4.98 Å². The lowest BCUT2D eigenvalue weighted by atomic mass is 10.1. The van der Waals surface area contributed by atoms with Gasteiger partial charge in [-0.2, -0.15) is 0 Å². The standard InChI is InChI=1S/C24H21N3O6S/c1-14-7-18(15(2)27(14)9-16-3-4-20-21(8-16)33-13-32-20)19(28)11-31-22(29)10-26-12-25-23-17(24(26)30)5-6-34-23/h3-8,12H,9-11,13H2,1-2H3. The Balaban J connectivity index is 1.24. The van der Waals surface area contributed by atoms with Gasteiger partial charge in [-0.15, -0.1) is 11.3 Å². The number of rotatable bonds is 7. The number of nitrogens with zero attached hydrogens (tertiary/aromatic N) is 3. The monoisotopic (exact) mass is 479 g/mol. The minimum absolute atomic E-state index is 0.214. The molecule has 0 aliphatic carbocycles. The van der Waals surface area contributed by atoms with Gasteiger partial charge in [-0.05, 0) is 49.1 Å². The summed E-state index contributed by atoms with van der Waals surface area (Å²) in [6.45, 7) is 3.83. The fraction of sp³-hybridized carbons (Fsp3) is 0.250. The van der Waals surface area contributed by atoms with Crippen molar-refractivity contribution in [3.8, 4) is 11.5 Å². The van der Waals surface area contributed by atoms with Crippen molar-refractivity contribution in [1.29, 1.82) is 0 Å². The first-order valence-electron chi connectivity index (χ1n) is 10.6. The average Bonchev–Trinajstić information content (AvgIpc) is 3.55. The van der Waals surface area contributed by atoms with E-state index >= 15 is 0 Å². The van der Waals surface area contributed by atoms with Crippen LogP contribution >= 0.6 is 11.3 Å². The highest BCUT2D eigenvalue weighted by molar-refractivity contribution is 7.16. The van der Waals surface area contributed by atoms with E-state index in [1.54, 1.807) is 17.5 Å². The Morgan fingerprint density at radius 1 is 1.15 bits per heavy atom. The number of carbonyl (C=O) groups excluding carboxylic acids is 2. The lowest BCUT2D eigenvalue weighted by molar-refractivity contribution is -0.143. The second kappa shape index (κ2) is 8.79. The second-order valence-electron chi connectivity index (χ2n) is 7.96. The lowest BCUT2D eigenvalue weighted by Gasteiger charge is -2.11. The van der Waals surface area contributed by atoms with Crippen LogP contribution in [0.15, 0.2) is 46.8 Å². The molecule has 0 fully saturated rings. The number of carbonyl (C=O) groups is 2. The van der Waals surface area contributed by atoms with Gasteiger partial charge in [-0.3, -0.25) is 19.0 Å². The van der Waals surface area contributed by atoms with Crippen LogP contribution in [0.5, 0.6) is 11.5 Å². The summed E-state index contributed by atoms with van der Waals surface area (Å²) in [6.07, 6.45) is 1.31. The van der Waals surface area contributed by atoms with E-state index in [4.69, 9.17) is 14.2 Å². The van der Waals surface area contributed by atoms with Crippen LogP contribution in [0, 0.1) is 13.8 Å². The number of Topliss-reactive ketones (excluding diaryl/α,β-unsaturated/α-hetero) is 1. The molecule has 174 valence electrons. The maximum absolute atomic E-state index is 12.8. The summed E-state index contributed by atoms with van der Waals surface area (Å²) in [6, 6.07) is 9.21. The topological polar surface area (TPSA) is 102 Å². The Morgan fingerprint density at radius 3 is 2.82 bits per heavy atom. The third-order valence-corrected chi connectivity index (χ3v) is 6.59. The molecule has 1 aliphatic rings. The van der Waals surface area contributed by atoms with Crippen LogP contribution in [0.25, 0.3) is 10.2 Å². The number of hydrogen-bond donors (Lipinski definition) is 0. The summed E-state index contributed by atoms with van der Waals surface area (Å²) < 4.78 is 19.2. The highest BCUT2D eigenvalue weighted by Crippen LogP contribution is 2.33. The second-order valence-corrected chi connectivity index (χ2v) is 8.85. The Bertz CT molecular complexity index is 1480. The molecule has 34 heavy (non-hydrogen) atoms. The van der Waals surface area contributed by atoms with Crippen molar-refractivity contribution in [3.05, 3.63) is 74.9 Å². The SMILES string of the molecule is Cc1cc(C(=O)COC(=O)Cn2cnc3sccc3c2=O)c(C)n1Cc1ccc2c(c1)OCO2. The molecule has 1 aromatic carbocycles. The van der Waals surface area contributed by atoms with E-state index in [1.807, 2.05) is 36.6 Å². The zero-order chi connectivity index (χ0) is 23.8. The normalized spacial score (nSPS) is 12.3. The molecule has 0 radical (unpaired) electrons. The van der Waals surface area contributed by atoms with Gasteiger partial charge in [-0.1, -0.05) is 6.07 Å². The molecule has 3 aromatic heterocycles. The number of aryl methyl sites for hydroxylation is 1. The van der Waals surface area contributed by atoms with Crippen LogP contribution in [-0.2, 0) is 22.6 Å². The smallest absolute Gasteiger partial charge is 0.326 e. The van der Waals surface area contributed by atoms with Gasteiger partial charge in [0.15, 0.2) is 18.1 Å². The van der Waals surface area contributed by atoms with Crippen molar-refractivity contribution in [2.45, 2.75) is 26.9 Å². The first-order chi connectivity index (χ1) is 16.4. The molecule has 10 heteroatoms. The van der Waals surface area contributed by atoms with Crippen molar-refractivity contribution in [2.24, 2.45) is 0 Å². The molecule has 0 amide bonds. The molecular weight excluding hydrogens is 458 g/mol. The minimum Gasteiger partial charge on any atom is -0.456 e. The Hall–Kier alpha value is -3.92. The third kappa shape index (κ3) is 4.08. The summed E-state index contributed by atoms with van der Waals surface area (Å²) in [7, 11) is 0. The Kier molecular flexibility index (Phi) is 5.66. The van der Waals surface area contributed by atoms with Crippen LogP contribution in [0.3, 0.4) is 0 Å². The zero-order valence-corrected chi connectivity index (χ0v) is 19.4. The van der Waals surface area contributed by atoms with Gasteiger partial charge in [-0.25, -0.2) is 4.98 Å². The van der Waals surface area contributed by atoms with Gasteiger partial charge in [0.25, 0.3) is 5.56 Å². The molecule has 5 rings (SSSR count). The van der Waals surface area contributed by atoms with E-state index in [0.29, 0.717) is 28.1 Å². The molecule has 0 unspecified atom stereocenters. The maximum atomic E-state index is 12.8. The van der Waals surface area contributed by atoms with Gasteiger partial charge in [0.05, 0.1) is 11.7 Å². The number of benzene rings is 1. The molecular formula is C24H21N3O6S. The predicted molar refractivity (Wildman–Crippen MR) is 125 cm³/mol. The maximum Gasteiger partial charge on any atom is 0.326 e. The Morgan fingerprint density at radius 2 is 1.97 bits per heavy atom. The lowest BCUT2D eigenvalue weighted by Crippen LogP contribution is -2.26. The fourth-order valence-electron chi connectivity index (χ4n) is 3.96. The predicted octanol–water partition coefficient (Wildman–Crippen LogP) is 3.08. The first kappa shape index (κ1) is 21.9. The summed E-state index contributed by atoms with van der Waals surface area (Å²) in [4.78, 5) is 42.3. The summed E-state index contributed by atoms with van der Waals surface area (Å²) in [5.74, 6) is 0.435. The van der Waals surface area contributed by atoms with Gasteiger partial charge in [0.2, 0.25) is 12.6 Å². The van der Waals surface area contributed by atoms with Crippen LogP contribution in [0.2, 0.25) is 0 Å². The molecule has 0 spiro atoms. The highest BCUT2D eigenvalue weighted by Gasteiger charge is 2.19.